The van der Waals surface area contributed by atoms with E-state index in [9.17, 15) is 4.79 Å². The zero-order valence-corrected chi connectivity index (χ0v) is 15.4. The summed E-state index contributed by atoms with van der Waals surface area (Å²) in [6.45, 7) is 1.61. The van der Waals surface area contributed by atoms with E-state index in [2.05, 4.69) is 15.4 Å². The first-order chi connectivity index (χ1) is 12.6. The van der Waals surface area contributed by atoms with Crippen LogP contribution in [-0.4, -0.2) is 48.7 Å². The third kappa shape index (κ3) is 4.23. The Labute approximate surface area is 153 Å². The molecule has 26 heavy (non-hydrogen) atoms. The summed E-state index contributed by atoms with van der Waals surface area (Å²) in [5.74, 6) is 1.02. The van der Waals surface area contributed by atoms with Crippen molar-refractivity contribution in [1.29, 1.82) is 0 Å². The van der Waals surface area contributed by atoms with Crippen LogP contribution >= 0.6 is 0 Å². The summed E-state index contributed by atoms with van der Waals surface area (Å²) < 4.78 is 10.9. The summed E-state index contributed by atoms with van der Waals surface area (Å²) in [5.41, 5.74) is 6.74. The van der Waals surface area contributed by atoms with Gasteiger partial charge in [0.15, 0.2) is 11.5 Å². The van der Waals surface area contributed by atoms with Gasteiger partial charge < -0.3 is 19.8 Å². The molecule has 1 aliphatic heterocycles. The Balaban J connectivity index is 1.83. The van der Waals surface area contributed by atoms with E-state index in [4.69, 9.17) is 9.47 Å². The predicted octanol–water partition coefficient (Wildman–Crippen LogP) is 2.93. The fourth-order valence-electron chi connectivity index (χ4n) is 2.90. The Kier molecular flexibility index (Phi) is 5.58. The number of methoxy groups -OCH3 is 1. The van der Waals surface area contributed by atoms with Gasteiger partial charge in [0.05, 0.1) is 12.8 Å². The number of rotatable bonds is 4. The zero-order chi connectivity index (χ0) is 18.5. The monoisotopic (exact) mass is 356 g/mol. The van der Waals surface area contributed by atoms with Gasteiger partial charge in [0.25, 0.3) is 0 Å². The molecule has 1 N–H and O–H groups in total. The molecule has 138 valence electrons. The molecule has 0 atom stereocenters. The van der Waals surface area contributed by atoms with Crippen LogP contribution in [0.4, 0.5) is 10.5 Å². The van der Waals surface area contributed by atoms with E-state index >= 15 is 0 Å². The number of hydrazine groups is 1. The van der Waals surface area contributed by atoms with Crippen molar-refractivity contribution in [2.45, 2.75) is 19.4 Å². The number of hydrogen-bond donors (Lipinski definition) is 1. The topological polar surface area (TPSA) is 66.9 Å². The van der Waals surface area contributed by atoms with Crippen molar-refractivity contribution < 1.29 is 14.3 Å². The summed E-state index contributed by atoms with van der Waals surface area (Å²) in [6.07, 6.45) is 5.06. The van der Waals surface area contributed by atoms with Crippen LogP contribution in [0.2, 0.25) is 0 Å². The van der Waals surface area contributed by atoms with E-state index in [1.807, 2.05) is 24.3 Å². The van der Waals surface area contributed by atoms with E-state index < -0.39 is 6.09 Å². The number of fused-ring (bicyclic) bond motifs is 1. The normalized spacial score (nSPS) is 14.1. The van der Waals surface area contributed by atoms with Crippen molar-refractivity contribution in [2.75, 3.05) is 33.2 Å². The SMILES string of the molecule is COc1cc2c(cc1OC(=O)N(C)C)CN(Nc1ccncc1)CCC2. The fourth-order valence-corrected chi connectivity index (χ4v) is 2.90. The molecule has 0 spiro atoms. The summed E-state index contributed by atoms with van der Waals surface area (Å²) in [6, 6.07) is 7.75. The van der Waals surface area contributed by atoms with Crippen molar-refractivity contribution >= 4 is 11.8 Å². The van der Waals surface area contributed by atoms with Gasteiger partial charge in [0, 0.05) is 39.6 Å². The van der Waals surface area contributed by atoms with Crippen molar-refractivity contribution in [3.05, 3.63) is 47.8 Å². The van der Waals surface area contributed by atoms with Crippen LogP contribution in [0.15, 0.2) is 36.7 Å². The Bertz CT molecular complexity index is 765. The van der Waals surface area contributed by atoms with Crippen LogP contribution in [0.1, 0.15) is 17.5 Å². The molecule has 0 fully saturated rings. The number of ether oxygens (including phenoxy) is 2. The fraction of sp³-hybridized carbons (Fsp3) is 0.368. The van der Waals surface area contributed by atoms with Crippen molar-refractivity contribution in [2.24, 2.45) is 0 Å². The molecule has 1 aliphatic rings. The van der Waals surface area contributed by atoms with Crippen molar-refractivity contribution in [3.8, 4) is 11.5 Å². The average molecular weight is 356 g/mol. The Morgan fingerprint density at radius 2 is 1.92 bits per heavy atom. The highest BCUT2D eigenvalue weighted by molar-refractivity contribution is 5.71. The maximum absolute atomic E-state index is 11.9. The molecule has 0 unspecified atom stereocenters. The number of nitrogens with one attached hydrogen (secondary N) is 1. The first-order valence-corrected chi connectivity index (χ1v) is 8.57. The largest absolute Gasteiger partial charge is 0.493 e. The molecule has 0 saturated carbocycles. The number of anilines is 1. The first-order valence-electron chi connectivity index (χ1n) is 8.57. The van der Waals surface area contributed by atoms with E-state index in [0.717, 1.165) is 30.6 Å². The second-order valence-corrected chi connectivity index (χ2v) is 6.41. The molecule has 0 aliphatic carbocycles. The molecule has 2 aromatic rings. The number of aryl methyl sites for hydroxylation is 1. The maximum Gasteiger partial charge on any atom is 0.414 e. The second-order valence-electron chi connectivity index (χ2n) is 6.41. The molecular weight excluding hydrogens is 332 g/mol. The van der Waals surface area contributed by atoms with Crippen LogP contribution in [-0.2, 0) is 13.0 Å². The zero-order valence-electron chi connectivity index (χ0n) is 15.4. The van der Waals surface area contributed by atoms with Gasteiger partial charge in [-0.25, -0.2) is 9.80 Å². The Morgan fingerprint density at radius 3 is 2.62 bits per heavy atom. The molecule has 1 amide bonds. The molecule has 1 aromatic carbocycles. The van der Waals surface area contributed by atoms with Gasteiger partial charge in [-0.15, -0.1) is 0 Å². The number of pyridine rings is 1. The van der Waals surface area contributed by atoms with Gasteiger partial charge in [-0.1, -0.05) is 0 Å². The van der Waals surface area contributed by atoms with E-state index in [0.29, 0.717) is 18.0 Å². The third-order valence-corrected chi connectivity index (χ3v) is 4.25. The maximum atomic E-state index is 11.9. The number of nitrogens with zero attached hydrogens (tertiary/aromatic N) is 3. The summed E-state index contributed by atoms with van der Waals surface area (Å²) >= 11 is 0. The highest BCUT2D eigenvalue weighted by atomic mass is 16.6. The molecule has 7 heteroatoms. The molecule has 0 radical (unpaired) electrons. The number of carbonyl (C=O) groups excluding carboxylic acids is 1. The summed E-state index contributed by atoms with van der Waals surface area (Å²) in [7, 11) is 4.89. The highest BCUT2D eigenvalue weighted by Crippen LogP contribution is 2.33. The lowest BCUT2D eigenvalue weighted by molar-refractivity contribution is 0.170. The average Bonchev–Trinajstić information content (AvgIpc) is 2.82. The molecule has 7 nitrogen and oxygen atoms in total. The van der Waals surface area contributed by atoms with Crippen LogP contribution in [0.5, 0.6) is 11.5 Å². The van der Waals surface area contributed by atoms with E-state index in [-0.39, 0.29) is 0 Å². The van der Waals surface area contributed by atoms with Crippen molar-refractivity contribution in [1.82, 2.24) is 14.9 Å². The predicted molar refractivity (Wildman–Crippen MR) is 99.3 cm³/mol. The van der Waals surface area contributed by atoms with Crippen LogP contribution in [0, 0.1) is 0 Å². The molecular formula is C19H24N4O3. The van der Waals surface area contributed by atoms with E-state index in [1.165, 1.54) is 10.5 Å². The van der Waals surface area contributed by atoms with Gasteiger partial charge in [-0.05, 0) is 48.2 Å². The lowest BCUT2D eigenvalue weighted by Crippen LogP contribution is -2.29. The Hall–Kier alpha value is -2.80. The number of benzene rings is 1. The highest BCUT2D eigenvalue weighted by Gasteiger charge is 2.20. The van der Waals surface area contributed by atoms with Crippen molar-refractivity contribution in [3.63, 3.8) is 0 Å². The lowest BCUT2D eigenvalue weighted by Gasteiger charge is -2.23. The molecule has 0 saturated heterocycles. The van der Waals surface area contributed by atoms with Gasteiger partial charge in [-0.3, -0.25) is 4.98 Å². The number of aromatic nitrogens is 1. The minimum Gasteiger partial charge on any atom is -0.493 e. The van der Waals surface area contributed by atoms with Crippen LogP contribution in [0.25, 0.3) is 0 Å². The van der Waals surface area contributed by atoms with Gasteiger partial charge in [0.1, 0.15) is 0 Å². The minimum atomic E-state index is -0.427. The molecule has 1 aromatic heterocycles. The summed E-state index contributed by atoms with van der Waals surface area (Å²) in [4.78, 5) is 17.4. The van der Waals surface area contributed by atoms with Gasteiger partial charge in [-0.2, -0.15) is 0 Å². The number of hydrogen-bond acceptors (Lipinski definition) is 6. The molecule has 0 bridgehead atoms. The second kappa shape index (κ2) is 8.05. The van der Waals surface area contributed by atoms with Crippen LogP contribution in [0.3, 0.4) is 0 Å². The number of amides is 1. The Morgan fingerprint density at radius 1 is 1.19 bits per heavy atom. The smallest absolute Gasteiger partial charge is 0.414 e. The first kappa shape index (κ1) is 18.0. The van der Waals surface area contributed by atoms with E-state index in [1.54, 1.807) is 33.6 Å². The number of carbonyl (C=O) groups is 1. The minimum absolute atomic E-state index is 0.427. The quantitative estimate of drug-likeness (QED) is 0.909. The summed E-state index contributed by atoms with van der Waals surface area (Å²) in [5, 5.41) is 2.16. The standard InChI is InChI=1S/C19H24N4O3/c1-22(2)19(24)26-18-12-15-13-23(21-16-6-8-20-9-7-16)10-4-5-14(15)11-17(18)25-3/h6-9,11-12H,4-5,10,13H2,1-3H3,(H,20,21). The van der Waals surface area contributed by atoms with Crippen LogP contribution < -0.4 is 14.9 Å². The molecule has 2 heterocycles. The lowest BCUT2D eigenvalue weighted by atomic mass is 10.0. The van der Waals surface area contributed by atoms with Gasteiger partial charge in [0.2, 0.25) is 0 Å². The molecule has 3 rings (SSSR count). The third-order valence-electron chi connectivity index (χ3n) is 4.25. The van der Waals surface area contributed by atoms with Gasteiger partial charge >= 0.3 is 6.09 Å².